The van der Waals surface area contributed by atoms with E-state index in [4.69, 9.17) is 14.7 Å². The van der Waals surface area contributed by atoms with Crippen LogP contribution in [0.1, 0.15) is 24.1 Å². The molecule has 0 radical (unpaired) electrons. The molecule has 0 aromatic heterocycles. The molecule has 0 fully saturated rings. The fraction of sp³-hybridized carbons (Fsp3) is 0.250. The average Bonchev–Trinajstić information content (AvgIpc) is 2.47. The Hall–Kier alpha value is -2.05. The lowest BCUT2D eigenvalue weighted by Gasteiger charge is -2.13. The van der Waals surface area contributed by atoms with Gasteiger partial charge in [0.05, 0.1) is 7.11 Å². The summed E-state index contributed by atoms with van der Waals surface area (Å²) in [5.41, 5.74) is 7.55. The minimum atomic E-state index is -3.93. The van der Waals surface area contributed by atoms with Gasteiger partial charge in [0.2, 0.25) is 0 Å². The molecule has 0 aliphatic carbocycles. The summed E-state index contributed by atoms with van der Waals surface area (Å²) < 4.78 is 35.1. The molecule has 0 aliphatic heterocycles. The highest BCUT2D eigenvalue weighted by atomic mass is 32.2. The molecule has 0 amide bonds. The van der Waals surface area contributed by atoms with E-state index in [9.17, 15) is 8.42 Å². The average molecular weight is 321 g/mol. The van der Waals surface area contributed by atoms with E-state index in [1.54, 1.807) is 37.3 Å². The Morgan fingerprint density at radius 1 is 1.05 bits per heavy atom. The van der Waals surface area contributed by atoms with Crippen molar-refractivity contribution in [2.45, 2.75) is 24.8 Å². The van der Waals surface area contributed by atoms with Crippen molar-refractivity contribution in [3.63, 3.8) is 0 Å². The van der Waals surface area contributed by atoms with Gasteiger partial charge in [0.15, 0.2) is 11.5 Å². The van der Waals surface area contributed by atoms with Crippen LogP contribution in [0, 0.1) is 6.92 Å². The summed E-state index contributed by atoms with van der Waals surface area (Å²) in [6.07, 6.45) is 0. The first kappa shape index (κ1) is 16.3. The lowest BCUT2D eigenvalue weighted by molar-refractivity contribution is 0.390. The minimum absolute atomic E-state index is 0.0892. The first-order valence-corrected chi connectivity index (χ1v) is 8.19. The Balaban J connectivity index is 2.40. The molecule has 1 atom stereocenters. The maximum atomic E-state index is 12.4. The molecule has 0 spiro atoms. The van der Waals surface area contributed by atoms with E-state index in [0.717, 1.165) is 11.1 Å². The predicted molar refractivity (Wildman–Crippen MR) is 84.6 cm³/mol. The normalized spacial score (nSPS) is 12.7. The third-order valence-electron chi connectivity index (χ3n) is 3.22. The van der Waals surface area contributed by atoms with Crippen LogP contribution in [0.25, 0.3) is 0 Å². The van der Waals surface area contributed by atoms with Crippen LogP contribution >= 0.6 is 0 Å². The van der Waals surface area contributed by atoms with E-state index in [-0.39, 0.29) is 16.7 Å². The predicted octanol–water partition coefficient (Wildman–Crippen LogP) is 2.79. The minimum Gasteiger partial charge on any atom is -0.493 e. The molecule has 0 saturated carbocycles. The van der Waals surface area contributed by atoms with Crippen LogP contribution in [0.4, 0.5) is 0 Å². The van der Waals surface area contributed by atoms with Crippen molar-refractivity contribution in [2.24, 2.45) is 5.73 Å². The van der Waals surface area contributed by atoms with E-state index >= 15 is 0 Å². The summed E-state index contributed by atoms with van der Waals surface area (Å²) in [5, 5.41) is 0. The van der Waals surface area contributed by atoms with Crippen LogP contribution in [-0.2, 0) is 10.1 Å². The topological polar surface area (TPSA) is 78.6 Å². The zero-order valence-corrected chi connectivity index (χ0v) is 13.6. The maximum Gasteiger partial charge on any atom is 0.339 e. The van der Waals surface area contributed by atoms with Crippen LogP contribution in [0.5, 0.6) is 11.5 Å². The van der Waals surface area contributed by atoms with Gasteiger partial charge >= 0.3 is 10.1 Å². The third-order valence-corrected chi connectivity index (χ3v) is 4.47. The number of nitrogens with two attached hydrogens (primary N) is 1. The monoisotopic (exact) mass is 321 g/mol. The largest absolute Gasteiger partial charge is 0.493 e. The molecule has 2 N–H and O–H groups in total. The summed E-state index contributed by atoms with van der Waals surface area (Å²) in [5.74, 6) is 0.456. The Morgan fingerprint density at radius 2 is 1.68 bits per heavy atom. The highest BCUT2D eigenvalue weighted by molar-refractivity contribution is 7.87. The summed E-state index contributed by atoms with van der Waals surface area (Å²) in [7, 11) is -2.48. The van der Waals surface area contributed by atoms with E-state index in [1.807, 2.05) is 6.92 Å². The highest BCUT2D eigenvalue weighted by Gasteiger charge is 2.19. The Labute approximate surface area is 130 Å². The second-order valence-electron chi connectivity index (χ2n) is 5.05. The highest BCUT2D eigenvalue weighted by Crippen LogP contribution is 2.32. The summed E-state index contributed by atoms with van der Waals surface area (Å²) in [4.78, 5) is 0.0892. The molecule has 2 aromatic rings. The Bertz CT molecular complexity index is 752. The summed E-state index contributed by atoms with van der Waals surface area (Å²) in [6, 6.07) is 11.2. The van der Waals surface area contributed by atoms with Crippen molar-refractivity contribution >= 4 is 10.1 Å². The fourth-order valence-electron chi connectivity index (χ4n) is 1.91. The maximum absolute atomic E-state index is 12.4. The molecule has 0 bridgehead atoms. The first-order valence-electron chi connectivity index (χ1n) is 6.78. The van der Waals surface area contributed by atoms with E-state index in [2.05, 4.69) is 0 Å². The number of hydrogen-bond acceptors (Lipinski definition) is 5. The van der Waals surface area contributed by atoms with E-state index in [1.165, 1.54) is 19.2 Å². The van der Waals surface area contributed by atoms with Gasteiger partial charge in [0.25, 0.3) is 0 Å². The van der Waals surface area contributed by atoms with Gasteiger partial charge in [0.1, 0.15) is 4.90 Å². The zero-order chi connectivity index (χ0) is 16.3. The fourth-order valence-corrected chi connectivity index (χ4v) is 2.85. The van der Waals surface area contributed by atoms with Crippen LogP contribution in [0.3, 0.4) is 0 Å². The van der Waals surface area contributed by atoms with Gasteiger partial charge in [-0.2, -0.15) is 8.42 Å². The number of aryl methyl sites for hydroxylation is 1. The lowest BCUT2D eigenvalue weighted by Crippen LogP contribution is -2.11. The van der Waals surface area contributed by atoms with Gasteiger partial charge in [-0.05, 0) is 43.7 Å². The van der Waals surface area contributed by atoms with Gasteiger partial charge < -0.3 is 14.7 Å². The van der Waals surface area contributed by atoms with Crippen LogP contribution in [0.15, 0.2) is 47.4 Å². The molecule has 1 unspecified atom stereocenters. The van der Waals surface area contributed by atoms with Crippen LogP contribution in [0.2, 0.25) is 0 Å². The van der Waals surface area contributed by atoms with Crippen molar-refractivity contribution in [1.82, 2.24) is 0 Å². The number of ether oxygens (including phenoxy) is 1. The van der Waals surface area contributed by atoms with Crippen LogP contribution in [-0.4, -0.2) is 15.5 Å². The number of hydrogen-bond donors (Lipinski definition) is 1. The van der Waals surface area contributed by atoms with Gasteiger partial charge in [-0.3, -0.25) is 0 Å². The molecule has 118 valence electrons. The number of rotatable bonds is 5. The van der Waals surface area contributed by atoms with Crippen molar-refractivity contribution in [3.05, 3.63) is 53.6 Å². The quantitative estimate of drug-likeness (QED) is 0.857. The molecular weight excluding hydrogens is 302 g/mol. The van der Waals surface area contributed by atoms with Gasteiger partial charge in [0, 0.05) is 6.04 Å². The molecule has 22 heavy (non-hydrogen) atoms. The smallest absolute Gasteiger partial charge is 0.339 e. The molecule has 5 nitrogen and oxygen atoms in total. The van der Waals surface area contributed by atoms with Crippen molar-refractivity contribution in [1.29, 1.82) is 0 Å². The first-order chi connectivity index (χ1) is 10.3. The molecule has 0 aliphatic rings. The summed E-state index contributed by atoms with van der Waals surface area (Å²) >= 11 is 0. The van der Waals surface area contributed by atoms with Gasteiger partial charge in [-0.1, -0.05) is 23.8 Å². The van der Waals surface area contributed by atoms with Gasteiger partial charge in [-0.25, -0.2) is 0 Å². The molecule has 0 heterocycles. The van der Waals surface area contributed by atoms with E-state index in [0.29, 0.717) is 5.75 Å². The van der Waals surface area contributed by atoms with Crippen molar-refractivity contribution < 1.29 is 17.3 Å². The number of benzene rings is 2. The second-order valence-corrected chi connectivity index (χ2v) is 6.60. The van der Waals surface area contributed by atoms with E-state index < -0.39 is 10.1 Å². The van der Waals surface area contributed by atoms with Crippen molar-refractivity contribution in [3.8, 4) is 11.5 Å². The SMILES string of the molecule is COc1ccc(C(C)N)cc1OS(=O)(=O)c1ccc(C)cc1. The Morgan fingerprint density at radius 3 is 2.23 bits per heavy atom. The molecule has 2 rings (SSSR count). The zero-order valence-electron chi connectivity index (χ0n) is 12.7. The summed E-state index contributed by atoms with van der Waals surface area (Å²) in [6.45, 7) is 3.69. The number of methoxy groups -OCH3 is 1. The van der Waals surface area contributed by atoms with Crippen LogP contribution < -0.4 is 14.7 Å². The molecule has 2 aromatic carbocycles. The Kier molecular flexibility index (Phi) is 4.73. The lowest BCUT2D eigenvalue weighted by atomic mass is 10.1. The second kappa shape index (κ2) is 6.37. The molecule has 0 saturated heterocycles. The third kappa shape index (κ3) is 3.58. The standard InChI is InChI=1S/C16H19NO4S/c1-11-4-7-14(8-5-11)22(18,19)21-16-10-13(12(2)17)6-9-15(16)20-3/h4-10,12H,17H2,1-3H3. The molecular formula is C16H19NO4S. The van der Waals surface area contributed by atoms with Crippen molar-refractivity contribution in [2.75, 3.05) is 7.11 Å². The van der Waals surface area contributed by atoms with Gasteiger partial charge in [-0.15, -0.1) is 0 Å². The molecule has 6 heteroatoms.